The molecular formula is C22H27N3O6. The first-order valence-electron chi connectivity index (χ1n) is 10.4. The molecule has 31 heavy (non-hydrogen) atoms. The first-order chi connectivity index (χ1) is 14.8. The van der Waals surface area contributed by atoms with Crippen molar-refractivity contribution in [3.63, 3.8) is 0 Å². The number of anilines is 1. The van der Waals surface area contributed by atoms with Crippen LogP contribution in [0.1, 0.15) is 32.8 Å². The summed E-state index contributed by atoms with van der Waals surface area (Å²) in [5.74, 6) is -1.93. The highest BCUT2D eigenvalue weighted by Gasteiger charge is 2.37. The summed E-state index contributed by atoms with van der Waals surface area (Å²) in [5, 5.41) is 5.09. The van der Waals surface area contributed by atoms with Crippen LogP contribution < -0.4 is 15.5 Å². The van der Waals surface area contributed by atoms with Gasteiger partial charge in [0, 0.05) is 18.7 Å². The third-order valence-corrected chi connectivity index (χ3v) is 5.34. The lowest BCUT2D eigenvalue weighted by Crippen LogP contribution is -2.50. The van der Waals surface area contributed by atoms with Crippen LogP contribution >= 0.6 is 0 Å². The van der Waals surface area contributed by atoms with E-state index in [2.05, 4.69) is 17.6 Å². The Labute approximate surface area is 180 Å². The Hall–Kier alpha value is -3.36. The third kappa shape index (κ3) is 5.04. The minimum absolute atomic E-state index is 0.0441. The van der Waals surface area contributed by atoms with Gasteiger partial charge in [-0.05, 0) is 38.0 Å². The Balaban J connectivity index is 1.66. The quantitative estimate of drug-likeness (QED) is 0.638. The van der Waals surface area contributed by atoms with Gasteiger partial charge in [0.15, 0.2) is 0 Å². The topological polar surface area (TPSA) is 114 Å². The largest absolute Gasteiger partial charge is 0.463 e. The number of benzene rings is 1. The van der Waals surface area contributed by atoms with Crippen molar-refractivity contribution in [3.8, 4) is 0 Å². The van der Waals surface area contributed by atoms with Gasteiger partial charge in [-0.3, -0.25) is 9.59 Å². The van der Waals surface area contributed by atoms with Crippen molar-refractivity contribution in [1.29, 1.82) is 0 Å². The molecule has 1 saturated heterocycles. The first kappa shape index (κ1) is 22.3. The molecule has 0 aliphatic carbocycles. The number of carbonyl (C=O) groups excluding carboxylic acids is 4. The molecule has 1 fully saturated rings. The lowest BCUT2D eigenvalue weighted by molar-refractivity contribution is -0.147. The van der Waals surface area contributed by atoms with Crippen LogP contribution in [-0.2, 0) is 30.3 Å². The Morgan fingerprint density at radius 1 is 1.13 bits per heavy atom. The molecule has 1 aromatic carbocycles. The molecule has 0 bridgehead atoms. The van der Waals surface area contributed by atoms with Gasteiger partial charge in [-0.25, -0.2) is 9.59 Å². The number of nitrogens with one attached hydrogen (secondary N) is 2. The van der Waals surface area contributed by atoms with E-state index in [1.54, 1.807) is 18.7 Å². The minimum Gasteiger partial charge on any atom is -0.463 e. The number of hydrogen-bond donors (Lipinski definition) is 2. The van der Waals surface area contributed by atoms with Gasteiger partial charge < -0.3 is 25.0 Å². The number of carbonyl (C=O) groups is 4. The van der Waals surface area contributed by atoms with E-state index in [-0.39, 0.29) is 43.4 Å². The second-order valence-corrected chi connectivity index (χ2v) is 7.47. The van der Waals surface area contributed by atoms with E-state index < -0.39 is 29.9 Å². The zero-order valence-corrected chi connectivity index (χ0v) is 17.9. The van der Waals surface area contributed by atoms with Crippen molar-refractivity contribution in [2.45, 2.75) is 39.7 Å². The zero-order chi connectivity index (χ0) is 22.5. The number of hydrogen-bond acceptors (Lipinski definition) is 6. The van der Waals surface area contributed by atoms with Gasteiger partial charge >= 0.3 is 18.0 Å². The van der Waals surface area contributed by atoms with E-state index in [4.69, 9.17) is 9.47 Å². The molecule has 3 amide bonds. The molecule has 0 spiro atoms. The maximum atomic E-state index is 12.6. The van der Waals surface area contributed by atoms with Gasteiger partial charge in [0.2, 0.25) is 5.91 Å². The highest BCUT2D eigenvalue weighted by Crippen LogP contribution is 2.26. The number of ether oxygens (including phenoxy) is 2. The summed E-state index contributed by atoms with van der Waals surface area (Å²) in [6.07, 6.45) is 0.944. The highest BCUT2D eigenvalue weighted by atomic mass is 16.5. The van der Waals surface area contributed by atoms with Crippen molar-refractivity contribution >= 4 is 29.6 Å². The average molecular weight is 429 g/mol. The van der Waals surface area contributed by atoms with Crippen LogP contribution in [0.25, 0.3) is 0 Å². The molecular weight excluding hydrogens is 402 g/mol. The summed E-state index contributed by atoms with van der Waals surface area (Å²) in [5.41, 5.74) is 2.29. The van der Waals surface area contributed by atoms with Gasteiger partial charge in [0.05, 0.1) is 29.8 Å². The van der Waals surface area contributed by atoms with Crippen LogP contribution in [0.3, 0.4) is 0 Å². The zero-order valence-electron chi connectivity index (χ0n) is 17.9. The predicted molar refractivity (Wildman–Crippen MR) is 112 cm³/mol. The van der Waals surface area contributed by atoms with Crippen LogP contribution in [-0.4, -0.2) is 49.7 Å². The molecule has 2 aliphatic rings. The number of urea groups is 1. The van der Waals surface area contributed by atoms with Crippen molar-refractivity contribution in [1.82, 2.24) is 10.6 Å². The van der Waals surface area contributed by atoms with Crippen molar-refractivity contribution in [2.24, 2.45) is 5.92 Å². The molecule has 2 atom stereocenters. The molecule has 9 nitrogen and oxygen atoms in total. The predicted octanol–water partition coefficient (Wildman–Crippen LogP) is 1.66. The second kappa shape index (κ2) is 9.63. The normalized spacial score (nSPS) is 20.9. The highest BCUT2D eigenvalue weighted by molar-refractivity contribution is 5.99. The van der Waals surface area contributed by atoms with E-state index in [0.717, 1.165) is 17.7 Å². The molecule has 2 heterocycles. The Bertz CT molecular complexity index is 908. The monoisotopic (exact) mass is 429 g/mol. The molecule has 2 N–H and O–H groups in total. The average Bonchev–Trinajstić information content (AvgIpc) is 3.13. The fourth-order valence-electron chi connectivity index (χ4n) is 3.68. The van der Waals surface area contributed by atoms with E-state index >= 15 is 0 Å². The van der Waals surface area contributed by atoms with Crippen LogP contribution in [0.5, 0.6) is 0 Å². The van der Waals surface area contributed by atoms with Crippen LogP contribution in [0, 0.1) is 5.92 Å². The summed E-state index contributed by atoms with van der Waals surface area (Å²) in [6, 6.07) is 6.57. The molecule has 2 aliphatic heterocycles. The maximum absolute atomic E-state index is 12.6. The molecule has 166 valence electrons. The Kier molecular flexibility index (Phi) is 6.94. The molecule has 1 aromatic rings. The van der Waals surface area contributed by atoms with Gasteiger partial charge in [-0.1, -0.05) is 19.1 Å². The van der Waals surface area contributed by atoms with Crippen molar-refractivity contribution < 1.29 is 28.7 Å². The van der Waals surface area contributed by atoms with Crippen LogP contribution in [0.15, 0.2) is 35.5 Å². The number of esters is 2. The molecule has 0 unspecified atom stereocenters. The lowest BCUT2D eigenvalue weighted by atomic mass is 10.0. The second-order valence-electron chi connectivity index (χ2n) is 7.47. The summed E-state index contributed by atoms with van der Waals surface area (Å²) in [4.78, 5) is 50.7. The summed E-state index contributed by atoms with van der Waals surface area (Å²) in [7, 11) is 0. The van der Waals surface area contributed by atoms with Crippen molar-refractivity contribution in [2.75, 3.05) is 24.7 Å². The van der Waals surface area contributed by atoms with E-state index in [1.165, 1.54) is 0 Å². The smallest absolute Gasteiger partial charge is 0.338 e. The van der Waals surface area contributed by atoms with Crippen LogP contribution in [0.4, 0.5) is 10.5 Å². The summed E-state index contributed by atoms with van der Waals surface area (Å²) < 4.78 is 10.4. The fourth-order valence-corrected chi connectivity index (χ4v) is 3.68. The molecule has 3 rings (SSSR count). The SMILES string of the molecule is CCOC(=O)C1=C(COC(=O)[C@H]2CC(=O)N(c3ccc(CC)cc3)C2)NC(=O)N[C@@H]1C. The van der Waals surface area contributed by atoms with Gasteiger partial charge in [-0.15, -0.1) is 0 Å². The van der Waals surface area contributed by atoms with Gasteiger partial charge in [-0.2, -0.15) is 0 Å². The summed E-state index contributed by atoms with van der Waals surface area (Å²) >= 11 is 0. The van der Waals surface area contributed by atoms with Gasteiger partial charge in [0.1, 0.15) is 6.61 Å². The number of rotatable bonds is 7. The Morgan fingerprint density at radius 2 is 1.84 bits per heavy atom. The molecule has 0 aromatic heterocycles. The first-order valence-corrected chi connectivity index (χ1v) is 10.4. The molecule has 0 radical (unpaired) electrons. The van der Waals surface area contributed by atoms with Gasteiger partial charge in [0.25, 0.3) is 0 Å². The number of aryl methyl sites for hydroxylation is 1. The maximum Gasteiger partial charge on any atom is 0.338 e. The van der Waals surface area contributed by atoms with E-state index in [0.29, 0.717) is 0 Å². The molecule has 0 saturated carbocycles. The third-order valence-electron chi connectivity index (χ3n) is 5.34. The van der Waals surface area contributed by atoms with Crippen LogP contribution in [0.2, 0.25) is 0 Å². The summed E-state index contributed by atoms with van der Waals surface area (Å²) in [6.45, 7) is 5.48. The van der Waals surface area contributed by atoms with Crippen molar-refractivity contribution in [3.05, 3.63) is 41.1 Å². The molecule has 9 heteroatoms. The minimum atomic E-state index is -0.625. The lowest BCUT2D eigenvalue weighted by Gasteiger charge is -2.26. The van der Waals surface area contributed by atoms with E-state index in [9.17, 15) is 19.2 Å². The standard InChI is InChI=1S/C22H27N3O6/c1-4-14-6-8-16(9-7-14)25-11-15(10-18(25)26)20(27)31-12-17-19(21(28)30-5-2)13(3)23-22(29)24-17/h6-9,13,15H,4-5,10-12H2,1-3H3,(H2,23,24,29)/t13-,15+/m1/s1. The van der Waals surface area contributed by atoms with E-state index in [1.807, 2.05) is 24.3 Å². The number of nitrogens with zero attached hydrogens (tertiary/aromatic N) is 1. The fraction of sp³-hybridized carbons (Fsp3) is 0.455. The number of amides is 3. The Morgan fingerprint density at radius 3 is 2.48 bits per heavy atom.